The molecule has 0 saturated heterocycles. The van der Waals surface area contributed by atoms with Gasteiger partial charge in [0.1, 0.15) is 5.82 Å². The Morgan fingerprint density at radius 1 is 1.04 bits per heavy atom. The lowest BCUT2D eigenvalue weighted by atomic mass is 10.1. The quantitative estimate of drug-likeness (QED) is 0.846. The minimum absolute atomic E-state index is 0.191. The van der Waals surface area contributed by atoms with Gasteiger partial charge < -0.3 is 15.5 Å². The summed E-state index contributed by atoms with van der Waals surface area (Å²) in [6.45, 7) is 2.56. The summed E-state index contributed by atoms with van der Waals surface area (Å²) in [7, 11) is 3.70. The van der Waals surface area contributed by atoms with Gasteiger partial charge in [-0.1, -0.05) is 6.92 Å². The van der Waals surface area contributed by atoms with E-state index < -0.39 is 5.82 Å². The zero-order valence-corrected chi connectivity index (χ0v) is 14.6. The summed E-state index contributed by atoms with van der Waals surface area (Å²) >= 11 is 0. The summed E-state index contributed by atoms with van der Waals surface area (Å²) < 4.78 is 13.0. The first kappa shape index (κ1) is 18.4. The van der Waals surface area contributed by atoms with Crippen LogP contribution in [0, 0.1) is 5.82 Å². The molecule has 0 heterocycles. The van der Waals surface area contributed by atoms with Crippen LogP contribution in [0.1, 0.15) is 34.1 Å². The second-order valence-corrected chi connectivity index (χ2v) is 5.84. The first-order valence-electron chi connectivity index (χ1n) is 8.09. The van der Waals surface area contributed by atoms with Gasteiger partial charge in [0.05, 0.1) is 5.56 Å². The minimum atomic E-state index is -0.401. The highest BCUT2D eigenvalue weighted by atomic mass is 19.1. The van der Waals surface area contributed by atoms with E-state index in [1.807, 2.05) is 25.9 Å². The number of halogens is 1. The van der Waals surface area contributed by atoms with Crippen molar-refractivity contribution in [2.75, 3.05) is 30.9 Å². The summed E-state index contributed by atoms with van der Waals surface area (Å²) in [6.07, 6.45) is 0.837. The Hall–Kier alpha value is -2.89. The molecule has 0 aliphatic rings. The second kappa shape index (κ2) is 8.28. The van der Waals surface area contributed by atoms with E-state index in [4.69, 9.17) is 0 Å². The number of benzene rings is 2. The average molecular weight is 343 g/mol. The minimum Gasteiger partial charge on any atom is -0.377 e. The van der Waals surface area contributed by atoms with Gasteiger partial charge >= 0.3 is 0 Å². The van der Waals surface area contributed by atoms with Gasteiger partial charge in [-0.3, -0.25) is 9.59 Å². The number of nitrogens with zero attached hydrogens (tertiary/aromatic N) is 1. The topological polar surface area (TPSA) is 61.4 Å². The third-order valence-electron chi connectivity index (χ3n) is 3.62. The van der Waals surface area contributed by atoms with E-state index in [-0.39, 0.29) is 11.8 Å². The van der Waals surface area contributed by atoms with Crippen molar-refractivity contribution in [3.8, 4) is 0 Å². The standard InChI is InChI=1S/C19H22FN3O2/c1-4-11-21-19(25)16-12-15(9-10-17(16)23(2)3)22-18(24)13-5-7-14(20)8-6-13/h5-10,12H,4,11H2,1-3H3,(H,21,25)(H,22,24). The van der Waals surface area contributed by atoms with Crippen LogP contribution in [0.2, 0.25) is 0 Å². The Balaban J connectivity index is 2.25. The first-order valence-corrected chi connectivity index (χ1v) is 8.09. The molecule has 0 aliphatic carbocycles. The smallest absolute Gasteiger partial charge is 0.255 e. The molecule has 25 heavy (non-hydrogen) atoms. The van der Waals surface area contributed by atoms with Gasteiger partial charge in [-0.05, 0) is 48.9 Å². The lowest BCUT2D eigenvalue weighted by Crippen LogP contribution is -2.26. The van der Waals surface area contributed by atoms with Gasteiger partial charge in [0.25, 0.3) is 11.8 Å². The van der Waals surface area contributed by atoms with E-state index >= 15 is 0 Å². The van der Waals surface area contributed by atoms with Crippen molar-refractivity contribution in [1.29, 1.82) is 0 Å². The highest BCUT2D eigenvalue weighted by Gasteiger charge is 2.15. The number of nitrogens with one attached hydrogen (secondary N) is 2. The summed E-state index contributed by atoms with van der Waals surface area (Å²) in [5, 5.41) is 5.58. The van der Waals surface area contributed by atoms with Crippen molar-refractivity contribution < 1.29 is 14.0 Å². The van der Waals surface area contributed by atoms with Crippen LogP contribution in [0.15, 0.2) is 42.5 Å². The number of hydrogen-bond acceptors (Lipinski definition) is 3. The summed E-state index contributed by atoms with van der Waals surface area (Å²) in [6, 6.07) is 10.4. The van der Waals surface area contributed by atoms with Gasteiger partial charge in [-0.25, -0.2) is 4.39 Å². The molecule has 5 nitrogen and oxygen atoms in total. The van der Waals surface area contributed by atoms with Crippen LogP contribution in [-0.2, 0) is 0 Å². The maximum atomic E-state index is 13.0. The largest absolute Gasteiger partial charge is 0.377 e. The molecule has 2 N–H and O–H groups in total. The SMILES string of the molecule is CCCNC(=O)c1cc(NC(=O)c2ccc(F)cc2)ccc1N(C)C. The van der Waals surface area contributed by atoms with Gasteiger partial charge in [0.15, 0.2) is 0 Å². The Bertz CT molecular complexity index is 758. The zero-order chi connectivity index (χ0) is 18.4. The third-order valence-corrected chi connectivity index (χ3v) is 3.62. The Labute approximate surface area is 146 Å². The molecule has 0 saturated carbocycles. The molecule has 0 radical (unpaired) electrons. The Morgan fingerprint density at radius 2 is 1.72 bits per heavy atom. The van der Waals surface area contributed by atoms with Gasteiger partial charge in [-0.2, -0.15) is 0 Å². The summed E-state index contributed by atoms with van der Waals surface area (Å²) in [5.74, 6) is -0.956. The number of hydrogen-bond donors (Lipinski definition) is 2. The van der Waals surface area contributed by atoms with Crippen LogP contribution in [0.25, 0.3) is 0 Å². The molecule has 0 aromatic heterocycles. The predicted octanol–water partition coefficient (Wildman–Crippen LogP) is 3.28. The highest BCUT2D eigenvalue weighted by Crippen LogP contribution is 2.23. The third kappa shape index (κ3) is 4.79. The Kier molecular flexibility index (Phi) is 6.11. The lowest BCUT2D eigenvalue weighted by molar-refractivity contribution is 0.0952. The highest BCUT2D eigenvalue weighted by molar-refractivity contribution is 6.06. The molecule has 2 aromatic carbocycles. The van der Waals surface area contributed by atoms with E-state index in [2.05, 4.69) is 10.6 Å². The van der Waals surface area contributed by atoms with Gasteiger partial charge in [-0.15, -0.1) is 0 Å². The van der Waals surface area contributed by atoms with Crippen molar-refractivity contribution in [2.24, 2.45) is 0 Å². The van der Waals surface area contributed by atoms with E-state index in [1.54, 1.807) is 18.2 Å². The average Bonchev–Trinajstić information content (AvgIpc) is 2.59. The fraction of sp³-hybridized carbons (Fsp3) is 0.263. The number of carbonyl (C=O) groups excluding carboxylic acids is 2. The van der Waals surface area contributed by atoms with Crippen LogP contribution < -0.4 is 15.5 Å². The monoisotopic (exact) mass is 343 g/mol. The number of amides is 2. The van der Waals surface area contributed by atoms with E-state index in [0.717, 1.165) is 12.1 Å². The molecule has 6 heteroatoms. The molecule has 2 rings (SSSR count). The number of rotatable bonds is 6. The molecule has 0 atom stereocenters. The fourth-order valence-corrected chi connectivity index (χ4v) is 2.32. The molecule has 132 valence electrons. The molecule has 0 unspecified atom stereocenters. The molecular weight excluding hydrogens is 321 g/mol. The lowest BCUT2D eigenvalue weighted by Gasteiger charge is -2.18. The maximum absolute atomic E-state index is 13.0. The first-order chi connectivity index (χ1) is 11.9. The molecule has 0 aliphatic heterocycles. The molecule has 2 amide bonds. The number of anilines is 2. The van der Waals surface area contributed by atoms with Crippen LogP contribution in [-0.4, -0.2) is 32.5 Å². The van der Waals surface area contributed by atoms with Gasteiger partial charge in [0.2, 0.25) is 0 Å². The summed E-state index contributed by atoms with van der Waals surface area (Å²) in [4.78, 5) is 26.5. The van der Waals surface area contributed by atoms with E-state index in [0.29, 0.717) is 23.4 Å². The Morgan fingerprint density at radius 3 is 2.32 bits per heavy atom. The van der Waals surface area contributed by atoms with E-state index in [1.165, 1.54) is 24.3 Å². The maximum Gasteiger partial charge on any atom is 0.255 e. The van der Waals surface area contributed by atoms with Crippen molar-refractivity contribution in [3.05, 3.63) is 59.4 Å². The van der Waals surface area contributed by atoms with Crippen LogP contribution in [0.5, 0.6) is 0 Å². The second-order valence-electron chi connectivity index (χ2n) is 5.84. The van der Waals surface area contributed by atoms with E-state index in [9.17, 15) is 14.0 Å². The molecular formula is C19H22FN3O2. The molecule has 0 fully saturated rings. The number of carbonyl (C=O) groups is 2. The van der Waals surface area contributed by atoms with Crippen LogP contribution in [0.4, 0.5) is 15.8 Å². The molecule has 0 spiro atoms. The van der Waals surface area contributed by atoms with Crippen molar-refractivity contribution in [1.82, 2.24) is 5.32 Å². The van der Waals surface area contributed by atoms with Crippen molar-refractivity contribution in [2.45, 2.75) is 13.3 Å². The zero-order valence-electron chi connectivity index (χ0n) is 14.6. The molecule has 2 aromatic rings. The predicted molar refractivity (Wildman–Crippen MR) is 97.7 cm³/mol. The van der Waals surface area contributed by atoms with Crippen molar-refractivity contribution >= 4 is 23.2 Å². The van der Waals surface area contributed by atoms with Crippen LogP contribution >= 0.6 is 0 Å². The normalized spacial score (nSPS) is 10.2. The van der Waals surface area contributed by atoms with Gasteiger partial charge in [0, 0.05) is 37.6 Å². The van der Waals surface area contributed by atoms with Crippen LogP contribution in [0.3, 0.4) is 0 Å². The van der Waals surface area contributed by atoms with Crippen molar-refractivity contribution in [3.63, 3.8) is 0 Å². The molecule has 0 bridgehead atoms. The fourth-order valence-electron chi connectivity index (χ4n) is 2.32. The summed E-state index contributed by atoms with van der Waals surface area (Å²) in [5.41, 5.74) is 2.08.